The Balaban J connectivity index is 2.12. The fraction of sp³-hybridized carbons (Fsp3) is 0.900. The molecule has 2 nitrogen and oxygen atoms in total. The third-order valence-electron chi connectivity index (χ3n) is 3.37. The molecule has 0 bridgehead atoms. The number of aliphatic hydroxyl groups excluding tert-OH is 1. The summed E-state index contributed by atoms with van der Waals surface area (Å²) in [5.74, 6) is 0.834. The Kier molecular flexibility index (Phi) is 2.18. The van der Waals surface area contributed by atoms with Gasteiger partial charge in [0.2, 0.25) is 0 Å². The van der Waals surface area contributed by atoms with Gasteiger partial charge >= 0.3 is 0 Å². The van der Waals surface area contributed by atoms with Crippen LogP contribution in [0.15, 0.2) is 0 Å². The van der Waals surface area contributed by atoms with Gasteiger partial charge in [0.1, 0.15) is 5.78 Å². The zero-order valence-corrected chi connectivity index (χ0v) is 7.33. The first-order chi connectivity index (χ1) is 5.79. The van der Waals surface area contributed by atoms with Crippen LogP contribution in [-0.4, -0.2) is 17.0 Å². The van der Waals surface area contributed by atoms with Gasteiger partial charge in [0, 0.05) is 12.3 Å². The van der Waals surface area contributed by atoms with Crippen LogP contribution in [0.5, 0.6) is 0 Å². The Morgan fingerprint density at radius 2 is 1.92 bits per heavy atom. The van der Waals surface area contributed by atoms with Crippen LogP contribution in [-0.2, 0) is 4.79 Å². The highest BCUT2D eigenvalue weighted by Crippen LogP contribution is 2.38. The summed E-state index contributed by atoms with van der Waals surface area (Å²) in [5.41, 5.74) is 0. The Labute approximate surface area is 73.0 Å². The highest BCUT2D eigenvalue weighted by atomic mass is 16.3. The molecule has 0 aromatic carbocycles. The standard InChI is InChI=1S/C10H16O2/c11-8-5-1-3-7-4-2-6-9(12)10(7)8/h7-8,10-11H,1-6H2/t7-,8-,10-/m0/s1. The summed E-state index contributed by atoms with van der Waals surface area (Å²) in [6.45, 7) is 0. The average molecular weight is 168 g/mol. The van der Waals surface area contributed by atoms with E-state index < -0.39 is 0 Å². The van der Waals surface area contributed by atoms with Crippen molar-refractivity contribution < 1.29 is 9.90 Å². The predicted molar refractivity (Wildman–Crippen MR) is 45.7 cm³/mol. The fourth-order valence-corrected chi connectivity index (χ4v) is 2.77. The average Bonchev–Trinajstić information content (AvgIpc) is 2.04. The number of carbonyl (C=O) groups excluding carboxylic acids is 1. The Bertz CT molecular complexity index is 186. The maximum absolute atomic E-state index is 11.5. The predicted octanol–water partition coefficient (Wildman–Crippen LogP) is 1.52. The van der Waals surface area contributed by atoms with Crippen molar-refractivity contribution in [1.29, 1.82) is 0 Å². The number of hydrogen-bond acceptors (Lipinski definition) is 2. The van der Waals surface area contributed by atoms with E-state index in [0.717, 1.165) is 32.1 Å². The minimum absolute atomic E-state index is 0.00694. The Hall–Kier alpha value is -0.370. The van der Waals surface area contributed by atoms with Crippen molar-refractivity contribution in [3.05, 3.63) is 0 Å². The van der Waals surface area contributed by atoms with Crippen molar-refractivity contribution in [2.24, 2.45) is 11.8 Å². The van der Waals surface area contributed by atoms with Crippen LogP contribution in [0.25, 0.3) is 0 Å². The maximum atomic E-state index is 11.5. The van der Waals surface area contributed by atoms with E-state index in [1.807, 2.05) is 0 Å². The molecule has 0 amide bonds. The lowest BCUT2D eigenvalue weighted by Crippen LogP contribution is -2.40. The molecule has 0 unspecified atom stereocenters. The van der Waals surface area contributed by atoms with Gasteiger partial charge < -0.3 is 5.11 Å². The molecule has 0 saturated heterocycles. The Morgan fingerprint density at radius 1 is 1.17 bits per heavy atom. The molecule has 0 aromatic heterocycles. The van der Waals surface area contributed by atoms with Crippen LogP contribution >= 0.6 is 0 Å². The Morgan fingerprint density at radius 3 is 2.67 bits per heavy atom. The molecule has 0 spiro atoms. The highest BCUT2D eigenvalue weighted by Gasteiger charge is 2.38. The number of fused-ring (bicyclic) bond motifs is 1. The summed E-state index contributed by atoms with van der Waals surface area (Å²) >= 11 is 0. The monoisotopic (exact) mass is 168 g/mol. The zero-order chi connectivity index (χ0) is 8.55. The van der Waals surface area contributed by atoms with Gasteiger partial charge in [0.25, 0.3) is 0 Å². The molecule has 1 N–H and O–H groups in total. The minimum atomic E-state index is -0.323. The second-order valence-electron chi connectivity index (χ2n) is 4.14. The van der Waals surface area contributed by atoms with Gasteiger partial charge in [-0.3, -0.25) is 4.79 Å². The third kappa shape index (κ3) is 1.28. The van der Waals surface area contributed by atoms with E-state index in [4.69, 9.17) is 0 Å². The third-order valence-corrected chi connectivity index (χ3v) is 3.37. The van der Waals surface area contributed by atoms with Crippen molar-refractivity contribution in [2.45, 2.75) is 44.6 Å². The summed E-state index contributed by atoms with van der Waals surface area (Å²) in [5, 5.41) is 9.65. The second-order valence-corrected chi connectivity index (χ2v) is 4.14. The first-order valence-electron chi connectivity index (χ1n) is 5.00. The molecule has 0 heterocycles. The number of rotatable bonds is 0. The van der Waals surface area contributed by atoms with Gasteiger partial charge in [-0.05, 0) is 31.6 Å². The second kappa shape index (κ2) is 3.17. The fourth-order valence-electron chi connectivity index (χ4n) is 2.77. The van der Waals surface area contributed by atoms with Crippen molar-refractivity contribution in [3.63, 3.8) is 0 Å². The van der Waals surface area contributed by atoms with Gasteiger partial charge in [-0.1, -0.05) is 6.42 Å². The lowest BCUT2D eigenvalue weighted by Gasteiger charge is -2.37. The van der Waals surface area contributed by atoms with E-state index in [9.17, 15) is 9.90 Å². The normalized spacial score (nSPS) is 42.4. The lowest BCUT2D eigenvalue weighted by atomic mass is 9.69. The number of ketones is 1. The van der Waals surface area contributed by atoms with Crippen molar-refractivity contribution >= 4 is 5.78 Å². The molecule has 2 heteroatoms. The number of aliphatic hydroxyl groups is 1. The zero-order valence-electron chi connectivity index (χ0n) is 7.33. The molecule has 2 aliphatic rings. The van der Waals surface area contributed by atoms with Crippen LogP contribution in [0.1, 0.15) is 38.5 Å². The smallest absolute Gasteiger partial charge is 0.138 e. The molecule has 12 heavy (non-hydrogen) atoms. The molecule has 2 rings (SSSR count). The molecular formula is C10H16O2. The minimum Gasteiger partial charge on any atom is -0.392 e. The van der Waals surface area contributed by atoms with E-state index in [1.54, 1.807) is 0 Å². The van der Waals surface area contributed by atoms with Crippen LogP contribution in [0.3, 0.4) is 0 Å². The lowest BCUT2D eigenvalue weighted by molar-refractivity contribution is -0.133. The van der Waals surface area contributed by atoms with Gasteiger partial charge in [0.05, 0.1) is 6.10 Å². The van der Waals surface area contributed by atoms with Gasteiger partial charge in [-0.15, -0.1) is 0 Å². The molecule has 0 aliphatic heterocycles. The molecule has 68 valence electrons. The van der Waals surface area contributed by atoms with E-state index in [0.29, 0.717) is 18.1 Å². The summed E-state index contributed by atoms with van der Waals surface area (Å²) in [6.07, 6.45) is 5.70. The van der Waals surface area contributed by atoms with Crippen molar-refractivity contribution in [1.82, 2.24) is 0 Å². The highest BCUT2D eigenvalue weighted by molar-refractivity contribution is 5.82. The van der Waals surface area contributed by atoms with Gasteiger partial charge in [-0.25, -0.2) is 0 Å². The maximum Gasteiger partial charge on any atom is 0.138 e. The summed E-state index contributed by atoms with van der Waals surface area (Å²) in [7, 11) is 0. The van der Waals surface area contributed by atoms with Crippen LogP contribution in [0, 0.1) is 11.8 Å². The van der Waals surface area contributed by atoms with Gasteiger partial charge in [-0.2, -0.15) is 0 Å². The number of carbonyl (C=O) groups is 1. The van der Waals surface area contributed by atoms with Crippen molar-refractivity contribution in [3.8, 4) is 0 Å². The first kappa shape index (κ1) is 8.24. The molecular weight excluding hydrogens is 152 g/mol. The largest absolute Gasteiger partial charge is 0.392 e. The van der Waals surface area contributed by atoms with E-state index in [-0.39, 0.29) is 12.0 Å². The van der Waals surface area contributed by atoms with E-state index >= 15 is 0 Å². The van der Waals surface area contributed by atoms with Crippen LogP contribution < -0.4 is 0 Å². The van der Waals surface area contributed by atoms with Gasteiger partial charge in [0.15, 0.2) is 0 Å². The molecule has 0 radical (unpaired) electrons. The van der Waals surface area contributed by atoms with Crippen LogP contribution in [0.2, 0.25) is 0 Å². The molecule has 2 aliphatic carbocycles. The van der Waals surface area contributed by atoms with E-state index in [1.165, 1.54) is 0 Å². The summed E-state index contributed by atoms with van der Waals surface area (Å²) < 4.78 is 0. The number of hydrogen-bond donors (Lipinski definition) is 1. The molecule has 2 fully saturated rings. The van der Waals surface area contributed by atoms with Crippen molar-refractivity contribution in [2.75, 3.05) is 0 Å². The van der Waals surface area contributed by atoms with E-state index in [2.05, 4.69) is 0 Å². The SMILES string of the molecule is O=C1CCC[C@@H]2CCC[C@H](O)[C@@H]12. The van der Waals surface area contributed by atoms with Crippen LogP contribution in [0.4, 0.5) is 0 Å². The molecule has 2 saturated carbocycles. The molecule has 0 aromatic rings. The topological polar surface area (TPSA) is 37.3 Å². The number of Topliss-reactive ketones (excluding diaryl/α,β-unsaturated/α-hetero) is 1. The summed E-state index contributed by atoms with van der Waals surface area (Å²) in [4.78, 5) is 11.5. The first-order valence-corrected chi connectivity index (χ1v) is 5.00. The molecule has 3 atom stereocenters. The quantitative estimate of drug-likeness (QED) is 0.595. The summed E-state index contributed by atoms with van der Waals surface area (Å²) in [6, 6.07) is 0.